The lowest BCUT2D eigenvalue weighted by Crippen LogP contribution is -2.22. The first-order valence-corrected chi connectivity index (χ1v) is 10.4. The maximum atomic E-state index is 12.7. The first-order chi connectivity index (χ1) is 14.9. The topological polar surface area (TPSA) is 81.2 Å². The number of ketones is 1. The lowest BCUT2D eigenvalue weighted by molar-refractivity contribution is 0.0962. The minimum absolute atomic E-state index is 0.0345. The lowest BCUT2D eigenvalue weighted by atomic mass is 9.81. The number of benzene rings is 2. The number of hydrogen-bond acceptors (Lipinski definition) is 5. The van der Waals surface area contributed by atoms with Gasteiger partial charge in [-0.3, -0.25) is 14.9 Å². The Balaban J connectivity index is 1.52. The first-order valence-electron chi connectivity index (χ1n) is 10.4. The second-order valence-electron chi connectivity index (χ2n) is 8.09. The minimum Gasteiger partial charge on any atom is -0.497 e. The van der Waals surface area contributed by atoms with Crippen LogP contribution in [0.2, 0.25) is 0 Å². The van der Waals surface area contributed by atoms with Crippen molar-refractivity contribution >= 4 is 17.6 Å². The minimum atomic E-state index is -0.314. The fourth-order valence-electron chi connectivity index (χ4n) is 3.81. The molecule has 1 aromatic heterocycles. The number of amides is 1. The zero-order valence-corrected chi connectivity index (χ0v) is 17.9. The molecule has 0 spiro atoms. The number of carbonyl (C=O) groups excluding carboxylic acids is 2. The Labute approximate surface area is 181 Å². The van der Waals surface area contributed by atoms with Crippen molar-refractivity contribution in [2.24, 2.45) is 0 Å². The van der Waals surface area contributed by atoms with Crippen LogP contribution in [-0.4, -0.2) is 28.8 Å². The van der Waals surface area contributed by atoms with E-state index >= 15 is 0 Å². The number of fused-ring (bicyclic) bond motifs is 1. The summed E-state index contributed by atoms with van der Waals surface area (Å²) in [4.78, 5) is 33.9. The number of hydrogen-bond donors (Lipinski definition) is 1. The average molecular weight is 415 g/mol. The Bertz CT molecular complexity index is 1110. The van der Waals surface area contributed by atoms with Crippen molar-refractivity contribution in [1.29, 1.82) is 0 Å². The molecule has 0 saturated carbocycles. The van der Waals surface area contributed by atoms with Gasteiger partial charge in [-0.1, -0.05) is 38.1 Å². The maximum absolute atomic E-state index is 12.7. The molecule has 3 aromatic rings. The van der Waals surface area contributed by atoms with Crippen molar-refractivity contribution in [3.05, 3.63) is 82.7 Å². The molecule has 158 valence electrons. The molecular weight excluding hydrogens is 390 g/mol. The molecule has 1 aliphatic rings. The molecule has 0 radical (unpaired) electrons. The summed E-state index contributed by atoms with van der Waals surface area (Å²) < 4.78 is 5.12. The quantitative estimate of drug-likeness (QED) is 0.649. The standard InChI is InChI=1S/C25H25N3O3/c1-15(2)16-4-6-17(7-5-16)19-12-22-21(23(29)13-19)14-26-25(27-22)28-24(30)18-8-10-20(31-3)11-9-18/h4-11,14-15,19H,12-13H2,1-3H3,(H,26,27,28,30)/t19-/m0/s1. The number of ether oxygens (including phenoxy) is 1. The number of methoxy groups -OCH3 is 1. The summed E-state index contributed by atoms with van der Waals surface area (Å²) in [6.45, 7) is 4.32. The highest BCUT2D eigenvalue weighted by molar-refractivity contribution is 6.03. The third-order valence-corrected chi connectivity index (χ3v) is 5.69. The molecular formula is C25H25N3O3. The van der Waals surface area contributed by atoms with Crippen molar-refractivity contribution in [3.8, 4) is 5.75 Å². The first kappa shape index (κ1) is 20.7. The maximum Gasteiger partial charge on any atom is 0.258 e. The third-order valence-electron chi connectivity index (χ3n) is 5.69. The predicted molar refractivity (Wildman–Crippen MR) is 119 cm³/mol. The molecule has 0 unspecified atom stereocenters. The van der Waals surface area contributed by atoms with Gasteiger partial charge >= 0.3 is 0 Å². The van der Waals surface area contributed by atoms with E-state index in [9.17, 15) is 9.59 Å². The van der Waals surface area contributed by atoms with Crippen LogP contribution in [-0.2, 0) is 6.42 Å². The van der Waals surface area contributed by atoms with Gasteiger partial charge in [-0.15, -0.1) is 0 Å². The summed E-state index contributed by atoms with van der Waals surface area (Å²) >= 11 is 0. The van der Waals surface area contributed by atoms with E-state index in [0.29, 0.717) is 41.3 Å². The predicted octanol–water partition coefficient (Wildman–Crippen LogP) is 4.77. The van der Waals surface area contributed by atoms with Gasteiger partial charge in [0.25, 0.3) is 5.91 Å². The van der Waals surface area contributed by atoms with Crippen LogP contribution in [0, 0.1) is 0 Å². The molecule has 1 amide bonds. The second kappa shape index (κ2) is 8.68. The second-order valence-corrected chi connectivity index (χ2v) is 8.09. The Morgan fingerprint density at radius 3 is 2.42 bits per heavy atom. The number of Topliss-reactive ketones (excluding diaryl/α,β-unsaturated/α-hetero) is 1. The van der Waals surface area contributed by atoms with Crippen molar-refractivity contribution in [3.63, 3.8) is 0 Å². The summed E-state index contributed by atoms with van der Waals surface area (Å²) in [5.74, 6) is 1.13. The van der Waals surface area contributed by atoms with E-state index in [0.717, 1.165) is 5.56 Å². The van der Waals surface area contributed by atoms with E-state index < -0.39 is 0 Å². The number of nitrogens with zero attached hydrogens (tertiary/aromatic N) is 2. The molecule has 6 heteroatoms. The van der Waals surface area contributed by atoms with Crippen molar-refractivity contribution < 1.29 is 14.3 Å². The van der Waals surface area contributed by atoms with Gasteiger partial charge in [0.1, 0.15) is 5.75 Å². The molecule has 1 N–H and O–H groups in total. The zero-order valence-electron chi connectivity index (χ0n) is 17.9. The third kappa shape index (κ3) is 4.48. The highest BCUT2D eigenvalue weighted by Crippen LogP contribution is 2.32. The van der Waals surface area contributed by atoms with Gasteiger partial charge in [-0.2, -0.15) is 0 Å². The number of carbonyl (C=O) groups is 2. The molecule has 6 nitrogen and oxygen atoms in total. The van der Waals surface area contributed by atoms with Crippen LogP contribution in [0.25, 0.3) is 0 Å². The monoisotopic (exact) mass is 415 g/mol. The number of nitrogens with one attached hydrogen (secondary N) is 1. The van der Waals surface area contributed by atoms with Gasteiger partial charge < -0.3 is 4.74 Å². The zero-order chi connectivity index (χ0) is 22.0. The fourth-order valence-corrected chi connectivity index (χ4v) is 3.81. The van der Waals surface area contributed by atoms with Crippen LogP contribution in [0.5, 0.6) is 5.75 Å². The summed E-state index contributed by atoms with van der Waals surface area (Å²) in [5, 5.41) is 2.72. The highest BCUT2D eigenvalue weighted by Gasteiger charge is 2.28. The number of rotatable bonds is 5. The Kier molecular flexibility index (Phi) is 5.80. The lowest BCUT2D eigenvalue weighted by Gasteiger charge is -2.23. The van der Waals surface area contributed by atoms with E-state index in [-0.39, 0.29) is 23.6 Å². The molecule has 0 saturated heterocycles. The molecule has 4 rings (SSSR count). The van der Waals surface area contributed by atoms with Crippen LogP contribution in [0.3, 0.4) is 0 Å². The highest BCUT2D eigenvalue weighted by atomic mass is 16.5. The smallest absolute Gasteiger partial charge is 0.258 e. The van der Waals surface area contributed by atoms with Gasteiger partial charge in [-0.05, 0) is 53.6 Å². The fraction of sp³-hybridized carbons (Fsp3) is 0.280. The van der Waals surface area contributed by atoms with Crippen molar-refractivity contribution in [2.45, 2.75) is 38.5 Å². The Morgan fingerprint density at radius 2 is 1.77 bits per heavy atom. The van der Waals surface area contributed by atoms with Crippen molar-refractivity contribution in [2.75, 3.05) is 12.4 Å². The van der Waals surface area contributed by atoms with Crippen molar-refractivity contribution in [1.82, 2.24) is 9.97 Å². The largest absolute Gasteiger partial charge is 0.497 e. The van der Waals surface area contributed by atoms with Gasteiger partial charge in [0.2, 0.25) is 5.95 Å². The molecule has 0 fully saturated rings. The molecule has 1 atom stereocenters. The van der Waals surface area contributed by atoms with E-state index in [2.05, 4.69) is 53.4 Å². The van der Waals surface area contributed by atoms with E-state index in [1.54, 1.807) is 31.4 Å². The van der Waals surface area contributed by atoms with Gasteiger partial charge in [-0.25, -0.2) is 9.97 Å². The average Bonchev–Trinajstić information content (AvgIpc) is 2.79. The van der Waals surface area contributed by atoms with Gasteiger partial charge in [0.15, 0.2) is 5.78 Å². The molecule has 2 aromatic carbocycles. The molecule has 0 aliphatic heterocycles. The van der Waals surface area contributed by atoms with E-state index in [4.69, 9.17) is 4.74 Å². The summed E-state index contributed by atoms with van der Waals surface area (Å²) in [6.07, 6.45) is 2.59. The Morgan fingerprint density at radius 1 is 1.06 bits per heavy atom. The molecule has 31 heavy (non-hydrogen) atoms. The summed E-state index contributed by atoms with van der Waals surface area (Å²) in [7, 11) is 1.57. The van der Waals surface area contributed by atoms with Crippen LogP contribution in [0.4, 0.5) is 5.95 Å². The number of aromatic nitrogens is 2. The summed E-state index contributed by atoms with van der Waals surface area (Å²) in [6, 6.07) is 15.2. The SMILES string of the molecule is COc1ccc(C(=O)Nc2ncc3c(n2)C[C@H](c2ccc(C(C)C)cc2)CC3=O)cc1. The van der Waals surface area contributed by atoms with E-state index in [1.165, 1.54) is 11.8 Å². The van der Waals surface area contributed by atoms with Gasteiger partial charge in [0, 0.05) is 18.2 Å². The van der Waals surface area contributed by atoms with Crippen LogP contribution in [0.15, 0.2) is 54.7 Å². The molecule has 0 bridgehead atoms. The van der Waals surface area contributed by atoms with E-state index in [1.807, 2.05) is 0 Å². The number of anilines is 1. The van der Waals surface area contributed by atoms with Crippen LogP contribution >= 0.6 is 0 Å². The molecule has 1 aliphatic carbocycles. The summed E-state index contributed by atoms with van der Waals surface area (Å²) in [5.41, 5.74) is 4.09. The normalized spacial score (nSPS) is 15.5. The van der Waals surface area contributed by atoms with Crippen LogP contribution in [0.1, 0.15) is 69.6 Å². The van der Waals surface area contributed by atoms with Crippen LogP contribution < -0.4 is 10.1 Å². The Hall–Kier alpha value is -3.54. The van der Waals surface area contributed by atoms with Gasteiger partial charge in [0.05, 0.1) is 18.4 Å². The molecule has 1 heterocycles.